The molecule has 0 rings (SSSR count). The summed E-state index contributed by atoms with van der Waals surface area (Å²) in [6, 6.07) is -2.15. The topological polar surface area (TPSA) is 125 Å². The molecule has 0 saturated heterocycles. The minimum absolute atomic E-state index is 0.323. The summed E-state index contributed by atoms with van der Waals surface area (Å²) in [5, 5.41) is 21.8. The Morgan fingerprint density at radius 1 is 1.20 bits per heavy atom. The predicted molar refractivity (Wildman–Crippen MR) is 70.5 cm³/mol. The van der Waals surface area contributed by atoms with Crippen LogP contribution in [0.3, 0.4) is 0 Å². The van der Waals surface area contributed by atoms with Crippen LogP contribution in [0, 0.1) is 5.92 Å². The first-order valence-electron chi connectivity index (χ1n) is 6.39. The van der Waals surface area contributed by atoms with Crippen molar-refractivity contribution in [2.24, 2.45) is 5.92 Å². The summed E-state index contributed by atoms with van der Waals surface area (Å²) in [5.74, 6) is -2.23. The quantitative estimate of drug-likeness (QED) is 0.428. The Bertz CT molecular complexity index is 332. The van der Waals surface area contributed by atoms with Crippen molar-refractivity contribution in [2.75, 3.05) is 19.8 Å². The van der Waals surface area contributed by atoms with Gasteiger partial charge < -0.3 is 25.6 Å². The molecule has 8 nitrogen and oxygen atoms in total. The molecular formula is C12H22N2O6. The van der Waals surface area contributed by atoms with Gasteiger partial charge in [-0.15, -0.1) is 0 Å². The number of urea groups is 1. The Hall–Kier alpha value is -1.83. The molecule has 0 aromatic heterocycles. The van der Waals surface area contributed by atoms with E-state index in [2.05, 4.69) is 10.6 Å². The lowest BCUT2D eigenvalue weighted by molar-refractivity contribution is -0.145. The smallest absolute Gasteiger partial charge is 0.326 e. The number of ether oxygens (including phenoxy) is 1. The minimum Gasteiger partial charge on any atom is -0.481 e. The van der Waals surface area contributed by atoms with Crippen LogP contribution < -0.4 is 10.6 Å². The molecule has 0 aliphatic rings. The normalized spacial score (nSPS) is 11.9. The van der Waals surface area contributed by atoms with Gasteiger partial charge in [-0.25, -0.2) is 9.59 Å². The number of carboxylic acid groups (broad SMARTS) is 2. The SMILES string of the molecule is CC(C)COCCCNC(=O)NC(CC(=O)O)C(=O)O. The number of carbonyl (C=O) groups excluding carboxylic acids is 1. The standard InChI is InChI=1S/C12H22N2O6/c1-8(2)7-20-5-3-4-13-12(19)14-9(11(17)18)6-10(15)16/h8-9H,3-7H2,1-2H3,(H,15,16)(H,17,18)(H2,13,14,19). The van der Waals surface area contributed by atoms with Crippen LogP contribution >= 0.6 is 0 Å². The molecule has 0 fully saturated rings. The maximum Gasteiger partial charge on any atom is 0.326 e. The van der Waals surface area contributed by atoms with Gasteiger partial charge in [0, 0.05) is 19.8 Å². The second-order valence-electron chi connectivity index (χ2n) is 4.71. The third-order valence-corrected chi connectivity index (χ3v) is 2.18. The lowest BCUT2D eigenvalue weighted by atomic mass is 10.2. The highest BCUT2D eigenvalue weighted by molar-refractivity contribution is 5.86. The van der Waals surface area contributed by atoms with Crippen molar-refractivity contribution in [3.05, 3.63) is 0 Å². The fourth-order valence-corrected chi connectivity index (χ4v) is 1.28. The molecule has 0 radical (unpaired) electrons. The fraction of sp³-hybridized carbons (Fsp3) is 0.750. The Labute approximate surface area is 117 Å². The first-order valence-corrected chi connectivity index (χ1v) is 6.39. The van der Waals surface area contributed by atoms with E-state index in [0.29, 0.717) is 32.1 Å². The number of amides is 2. The lowest BCUT2D eigenvalue weighted by Gasteiger charge is -2.13. The zero-order valence-electron chi connectivity index (χ0n) is 11.7. The summed E-state index contributed by atoms with van der Waals surface area (Å²) >= 11 is 0. The van der Waals surface area contributed by atoms with Gasteiger partial charge in [-0.2, -0.15) is 0 Å². The monoisotopic (exact) mass is 290 g/mol. The number of carbonyl (C=O) groups is 3. The molecule has 1 atom stereocenters. The van der Waals surface area contributed by atoms with Crippen LogP contribution in [0.1, 0.15) is 26.7 Å². The summed E-state index contributed by atoms with van der Waals surface area (Å²) in [6.07, 6.45) is -0.0724. The molecule has 0 aliphatic heterocycles. The van der Waals surface area contributed by atoms with Gasteiger partial charge in [-0.1, -0.05) is 13.8 Å². The first kappa shape index (κ1) is 18.2. The van der Waals surface area contributed by atoms with Crippen molar-refractivity contribution in [1.82, 2.24) is 10.6 Å². The average molecular weight is 290 g/mol. The Morgan fingerprint density at radius 2 is 1.85 bits per heavy atom. The number of nitrogens with one attached hydrogen (secondary N) is 2. The van der Waals surface area contributed by atoms with Crippen molar-refractivity contribution in [2.45, 2.75) is 32.7 Å². The molecule has 0 heterocycles. The second-order valence-corrected chi connectivity index (χ2v) is 4.71. The second kappa shape index (κ2) is 10.0. The number of hydrogen-bond donors (Lipinski definition) is 4. The van der Waals surface area contributed by atoms with Gasteiger partial charge in [0.15, 0.2) is 0 Å². The Balaban J connectivity index is 3.80. The van der Waals surface area contributed by atoms with E-state index in [1.165, 1.54) is 0 Å². The number of carboxylic acids is 2. The third kappa shape index (κ3) is 10.1. The predicted octanol–water partition coefficient (Wildman–Crippen LogP) is 0.276. The average Bonchev–Trinajstić information content (AvgIpc) is 2.31. The first-order chi connectivity index (χ1) is 9.32. The maximum absolute atomic E-state index is 11.4. The van der Waals surface area contributed by atoms with Crippen molar-refractivity contribution >= 4 is 18.0 Å². The van der Waals surface area contributed by atoms with Crippen molar-refractivity contribution in [1.29, 1.82) is 0 Å². The van der Waals surface area contributed by atoms with Crippen LogP contribution in [0.5, 0.6) is 0 Å². The number of rotatable bonds is 10. The minimum atomic E-state index is -1.44. The van der Waals surface area contributed by atoms with Crippen LogP contribution in [-0.4, -0.2) is 54.0 Å². The molecule has 20 heavy (non-hydrogen) atoms. The van der Waals surface area contributed by atoms with E-state index in [-0.39, 0.29) is 0 Å². The molecule has 0 bridgehead atoms. The molecular weight excluding hydrogens is 268 g/mol. The molecule has 0 aromatic rings. The van der Waals surface area contributed by atoms with E-state index in [1.54, 1.807) is 0 Å². The highest BCUT2D eigenvalue weighted by Crippen LogP contribution is 1.94. The summed E-state index contributed by atoms with van der Waals surface area (Å²) < 4.78 is 5.31. The van der Waals surface area contributed by atoms with E-state index in [9.17, 15) is 14.4 Å². The highest BCUT2D eigenvalue weighted by atomic mass is 16.5. The van der Waals surface area contributed by atoms with Gasteiger partial charge >= 0.3 is 18.0 Å². The van der Waals surface area contributed by atoms with Crippen molar-refractivity contribution < 1.29 is 29.3 Å². The molecule has 4 N–H and O–H groups in total. The Kier molecular flexibility index (Phi) is 9.10. The van der Waals surface area contributed by atoms with Crippen molar-refractivity contribution in [3.8, 4) is 0 Å². The van der Waals surface area contributed by atoms with Crippen LogP contribution in [0.4, 0.5) is 4.79 Å². The maximum atomic E-state index is 11.4. The highest BCUT2D eigenvalue weighted by Gasteiger charge is 2.22. The Morgan fingerprint density at radius 3 is 2.35 bits per heavy atom. The van der Waals surface area contributed by atoms with E-state index in [1.807, 2.05) is 13.8 Å². The van der Waals surface area contributed by atoms with E-state index in [4.69, 9.17) is 14.9 Å². The van der Waals surface area contributed by atoms with Gasteiger partial charge in [-0.3, -0.25) is 4.79 Å². The largest absolute Gasteiger partial charge is 0.481 e. The molecule has 0 spiro atoms. The fourth-order valence-electron chi connectivity index (χ4n) is 1.28. The van der Waals surface area contributed by atoms with Crippen LogP contribution in [0.2, 0.25) is 0 Å². The third-order valence-electron chi connectivity index (χ3n) is 2.18. The van der Waals surface area contributed by atoms with Gasteiger partial charge in [0.05, 0.1) is 6.42 Å². The summed E-state index contributed by atoms with van der Waals surface area (Å²) in [5.41, 5.74) is 0. The van der Waals surface area contributed by atoms with Crippen LogP contribution in [0.25, 0.3) is 0 Å². The molecule has 0 aromatic carbocycles. The summed E-state index contributed by atoms with van der Waals surface area (Å²) in [6.45, 7) is 5.52. The summed E-state index contributed by atoms with van der Waals surface area (Å²) in [7, 11) is 0. The number of aliphatic carboxylic acids is 2. The lowest BCUT2D eigenvalue weighted by Crippen LogP contribution is -2.47. The van der Waals surface area contributed by atoms with E-state index < -0.39 is 30.4 Å². The zero-order valence-corrected chi connectivity index (χ0v) is 11.7. The number of hydrogen-bond acceptors (Lipinski definition) is 4. The molecule has 1 unspecified atom stereocenters. The molecule has 2 amide bonds. The van der Waals surface area contributed by atoms with Crippen LogP contribution in [-0.2, 0) is 14.3 Å². The van der Waals surface area contributed by atoms with Gasteiger partial charge in [-0.05, 0) is 12.3 Å². The van der Waals surface area contributed by atoms with E-state index in [0.717, 1.165) is 0 Å². The van der Waals surface area contributed by atoms with Gasteiger partial charge in [0.1, 0.15) is 6.04 Å². The van der Waals surface area contributed by atoms with E-state index >= 15 is 0 Å². The zero-order chi connectivity index (χ0) is 15.5. The molecule has 8 heteroatoms. The summed E-state index contributed by atoms with van der Waals surface area (Å²) in [4.78, 5) is 32.5. The van der Waals surface area contributed by atoms with Crippen molar-refractivity contribution in [3.63, 3.8) is 0 Å². The van der Waals surface area contributed by atoms with Crippen LogP contribution in [0.15, 0.2) is 0 Å². The van der Waals surface area contributed by atoms with Gasteiger partial charge in [0.2, 0.25) is 0 Å². The molecule has 116 valence electrons. The molecule has 0 aliphatic carbocycles. The van der Waals surface area contributed by atoms with Gasteiger partial charge in [0.25, 0.3) is 0 Å². The molecule has 0 saturated carbocycles.